The van der Waals surface area contributed by atoms with E-state index in [0.29, 0.717) is 11.6 Å². The number of hydrogen-bond donors (Lipinski definition) is 1. The maximum atomic E-state index is 11.8. The van der Waals surface area contributed by atoms with Crippen LogP contribution in [0.2, 0.25) is 0 Å². The van der Waals surface area contributed by atoms with Gasteiger partial charge in [-0.05, 0) is 61.1 Å². The van der Waals surface area contributed by atoms with E-state index in [1.807, 2.05) is 19.2 Å². The van der Waals surface area contributed by atoms with E-state index in [2.05, 4.69) is 35.6 Å². The lowest BCUT2D eigenvalue weighted by atomic mass is 9.71. The topological polar surface area (TPSA) is 47.6 Å². The summed E-state index contributed by atoms with van der Waals surface area (Å²) in [5.74, 6) is -0.282. The fraction of sp³-hybridized carbons (Fsp3) is 0.435. The van der Waals surface area contributed by atoms with Crippen molar-refractivity contribution in [2.75, 3.05) is 20.8 Å². The number of carbonyl (C=O) groups excluding carboxylic acids is 1. The molecule has 4 heteroatoms. The molecule has 1 saturated heterocycles. The maximum Gasteiger partial charge on any atom is 0.337 e. The molecule has 0 bridgehead atoms. The molecule has 0 amide bonds. The number of rotatable bonds is 4. The van der Waals surface area contributed by atoms with Gasteiger partial charge in [0.25, 0.3) is 0 Å². The summed E-state index contributed by atoms with van der Waals surface area (Å²) in [6, 6.07) is 16.9. The highest BCUT2D eigenvalue weighted by Crippen LogP contribution is 2.53. The van der Waals surface area contributed by atoms with E-state index in [1.165, 1.54) is 18.2 Å². The molecule has 1 fully saturated rings. The first-order valence-corrected chi connectivity index (χ1v) is 9.66. The van der Waals surface area contributed by atoms with Crippen LogP contribution in [-0.4, -0.2) is 32.8 Å². The summed E-state index contributed by atoms with van der Waals surface area (Å²) in [5.41, 5.74) is 4.72. The molecule has 1 aliphatic heterocycles. The number of carbonyl (C=O) groups is 1. The predicted molar refractivity (Wildman–Crippen MR) is 105 cm³/mol. The smallest absolute Gasteiger partial charge is 0.337 e. The van der Waals surface area contributed by atoms with Gasteiger partial charge in [0.2, 0.25) is 0 Å². The van der Waals surface area contributed by atoms with Crippen molar-refractivity contribution in [3.05, 3.63) is 70.8 Å². The minimum absolute atomic E-state index is 0.161. The molecular formula is C23H27NO3. The van der Waals surface area contributed by atoms with Gasteiger partial charge in [0.05, 0.1) is 18.8 Å². The van der Waals surface area contributed by atoms with Crippen LogP contribution in [0.25, 0.3) is 0 Å². The Balaban J connectivity index is 1.53. The summed E-state index contributed by atoms with van der Waals surface area (Å²) >= 11 is 0. The number of piperidine rings is 1. The Hall–Kier alpha value is -2.17. The van der Waals surface area contributed by atoms with Crippen molar-refractivity contribution in [3.63, 3.8) is 0 Å². The van der Waals surface area contributed by atoms with Gasteiger partial charge >= 0.3 is 5.97 Å². The normalized spacial score (nSPS) is 26.7. The number of benzene rings is 2. The predicted octanol–water partition coefficient (Wildman–Crippen LogP) is 3.70. The van der Waals surface area contributed by atoms with E-state index in [0.717, 1.165) is 37.8 Å². The van der Waals surface area contributed by atoms with Gasteiger partial charge < -0.3 is 14.8 Å². The lowest BCUT2D eigenvalue weighted by Gasteiger charge is -2.42. The van der Waals surface area contributed by atoms with Crippen LogP contribution in [0, 0.1) is 5.41 Å². The van der Waals surface area contributed by atoms with E-state index in [9.17, 15) is 4.79 Å². The zero-order chi connectivity index (χ0) is 18.9. The molecule has 1 unspecified atom stereocenters. The first kappa shape index (κ1) is 18.2. The van der Waals surface area contributed by atoms with Gasteiger partial charge in [-0.3, -0.25) is 0 Å². The summed E-state index contributed by atoms with van der Waals surface area (Å²) in [7, 11) is 3.26. The van der Waals surface area contributed by atoms with Gasteiger partial charge in [0.1, 0.15) is 0 Å². The molecule has 2 aromatic rings. The average molecular weight is 365 g/mol. The van der Waals surface area contributed by atoms with Crippen molar-refractivity contribution in [2.45, 2.75) is 37.8 Å². The fourth-order valence-corrected chi connectivity index (χ4v) is 5.09. The van der Waals surface area contributed by atoms with Gasteiger partial charge in [-0.2, -0.15) is 0 Å². The van der Waals surface area contributed by atoms with Crippen molar-refractivity contribution in [2.24, 2.45) is 5.41 Å². The summed E-state index contributed by atoms with van der Waals surface area (Å²) in [4.78, 5) is 11.8. The summed E-state index contributed by atoms with van der Waals surface area (Å²) in [6.07, 6.45) is 4.35. The Bertz CT molecular complexity index is 834. The number of fused-ring (bicyclic) bond motifs is 1. The van der Waals surface area contributed by atoms with Crippen molar-refractivity contribution in [1.82, 2.24) is 5.32 Å². The van der Waals surface area contributed by atoms with Crippen LogP contribution in [0.4, 0.5) is 0 Å². The third-order valence-electron chi connectivity index (χ3n) is 6.21. The second kappa shape index (κ2) is 7.45. The highest BCUT2D eigenvalue weighted by Gasteiger charge is 2.48. The van der Waals surface area contributed by atoms with Crippen LogP contribution < -0.4 is 5.32 Å². The van der Waals surface area contributed by atoms with Crippen LogP contribution in [0.3, 0.4) is 0 Å². The maximum absolute atomic E-state index is 11.8. The molecule has 1 heterocycles. The molecule has 1 N–H and O–H groups in total. The summed E-state index contributed by atoms with van der Waals surface area (Å²) < 4.78 is 10.9. The lowest BCUT2D eigenvalue weighted by Crippen LogP contribution is -2.47. The number of esters is 1. The summed E-state index contributed by atoms with van der Waals surface area (Å²) in [5, 5.41) is 3.68. The Morgan fingerprint density at radius 1 is 1.19 bits per heavy atom. The zero-order valence-electron chi connectivity index (χ0n) is 16.0. The van der Waals surface area contributed by atoms with Gasteiger partial charge in [-0.25, -0.2) is 4.79 Å². The Kier molecular flexibility index (Phi) is 5.02. The minimum Gasteiger partial charge on any atom is -0.465 e. The van der Waals surface area contributed by atoms with Crippen molar-refractivity contribution in [1.29, 1.82) is 0 Å². The largest absolute Gasteiger partial charge is 0.465 e. The molecule has 0 radical (unpaired) electrons. The standard InChI is InChI=1S/C23H27NO3/c1-26-21-20-9-4-3-7-18(20)14-23(21)10-11-24-19(15-23)13-16-6-5-8-17(12-16)22(25)27-2/h3-9,12,19,21,24H,10-11,13-15H2,1-2H3/t19-,21+,23?/m1/s1. The molecule has 2 aliphatic rings. The molecule has 3 atom stereocenters. The molecule has 27 heavy (non-hydrogen) atoms. The third-order valence-corrected chi connectivity index (χ3v) is 6.21. The second-order valence-electron chi connectivity index (χ2n) is 7.85. The zero-order valence-corrected chi connectivity index (χ0v) is 16.0. The Labute approximate surface area is 160 Å². The van der Waals surface area contributed by atoms with E-state index in [-0.39, 0.29) is 17.5 Å². The van der Waals surface area contributed by atoms with E-state index in [4.69, 9.17) is 9.47 Å². The highest BCUT2D eigenvalue weighted by atomic mass is 16.5. The van der Waals surface area contributed by atoms with E-state index < -0.39 is 0 Å². The highest BCUT2D eigenvalue weighted by molar-refractivity contribution is 5.89. The minimum atomic E-state index is -0.282. The number of nitrogens with one attached hydrogen (secondary N) is 1. The summed E-state index contributed by atoms with van der Waals surface area (Å²) in [6.45, 7) is 0.995. The van der Waals surface area contributed by atoms with Gasteiger partial charge in [-0.1, -0.05) is 36.4 Å². The van der Waals surface area contributed by atoms with Crippen LogP contribution in [0.5, 0.6) is 0 Å². The molecule has 2 aromatic carbocycles. The Morgan fingerprint density at radius 2 is 2.04 bits per heavy atom. The van der Waals surface area contributed by atoms with Crippen molar-refractivity contribution >= 4 is 5.97 Å². The molecule has 4 nitrogen and oxygen atoms in total. The number of methoxy groups -OCH3 is 2. The van der Waals surface area contributed by atoms with Crippen molar-refractivity contribution in [3.8, 4) is 0 Å². The van der Waals surface area contributed by atoms with Crippen LogP contribution in [0.15, 0.2) is 48.5 Å². The number of hydrogen-bond acceptors (Lipinski definition) is 4. The molecule has 4 rings (SSSR count). The first-order valence-electron chi connectivity index (χ1n) is 9.66. The Morgan fingerprint density at radius 3 is 2.85 bits per heavy atom. The molecule has 142 valence electrons. The average Bonchev–Trinajstić information content (AvgIpc) is 2.99. The molecule has 1 spiro atoms. The monoisotopic (exact) mass is 365 g/mol. The second-order valence-corrected chi connectivity index (χ2v) is 7.85. The number of ether oxygens (including phenoxy) is 2. The van der Waals surface area contributed by atoms with Gasteiger partial charge in [0.15, 0.2) is 0 Å². The quantitative estimate of drug-likeness (QED) is 0.840. The first-order chi connectivity index (χ1) is 13.1. The van der Waals surface area contributed by atoms with Gasteiger partial charge in [-0.15, -0.1) is 0 Å². The van der Waals surface area contributed by atoms with Crippen molar-refractivity contribution < 1.29 is 14.3 Å². The SMILES string of the molecule is COC(=O)c1cccc(C[C@@H]2CC3(CCN2)Cc2ccccc2[C@@H]3OC)c1. The fourth-order valence-electron chi connectivity index (χ4n) is 5.09. The third kappa shape index (κ3) is 3.40. The molecular weight excluding hydrogens is 338 g/mol. The lowest BCUT2D eigenvalue weighted by molar-refractivity contribution is -0.0290. The molecule has 1 aliphatic carbocycles. The van der Waals surface area contributed by atoms with E-state index >= 15 is 0 Å². The van der Waals surface area contributed by atoms with Crippen LogP contribution in [-0.2, 0) is 22.3 Å². The molecule has 0 aromatic heterocycles. The van der Waals surface area contributed by atoms with Crippen LogP contribution >= 0.6 is 0 Å². The molecule has 0 saturated carbocycles. The van der Waals surface area contributed by atoms with E-state index in [1.54, 1.807) is 6.07 Å². The van der Waals surface area contributed by atoms with Crippen LogP contribution in [0.1, 0.15) is 46.0 Å². The van der Waals surface area contributed by atoms with Gasteiger partial charge in [0, 0.05) is 18.6 Å².